The minimum Gasteiger partial charge on any atom is -0.314 e. The minimum atomic E-state index is -0.170. The molecular weight excluding hydrogens is 251 g/mol. The van der Waals surface area contributed by atoms with E-state index in [1.165, 1.54) is 37.8 Å². The fraction of sp³-hybridized carbons (Fsp3) is 0.647. The SMILES string of the molecule is CC(CC1CCCCCN1)NC(C)c1ccc(F)cc1. The van der Waals surface area contributed by atoms with Gasteiger partial charge < -0.3 is 10.6 Å². The van der Waals surface area contributed by atoms with Crippen LogP contribution in [0, 0.1) is 5.82 Å². The summed E-state index contributed by atoms with van der Waals surface area (Å²) in [5.41, 5.74) is 1.15. The van der Waals surface area contributed by atoms with Gasteiger partial charge in [0.05, 0.1) is 0 Å². The lowest BCUT2D eigenvalue weighted by Gasteiger charge is -2.25. The molecule has 1 aliphatic heterocycles. The van der Waals surface area contributed by atoms with E-state index in [9.17, 15) is 4.39 Å². The van der Waals surface area contributed by atoms with E-state index in [0.29, 0.717) is 12.1 Å². The Balaban J connectivity index is 1.80. The van der Waals surface area contributed by atoms with Gasteiger partial charge >= 0.3 is 0 Å². The molecule has 3 atom stereocenters. The zero-order valence-corrected chi connectivity index (χ0v) is 12.7. The molecule has 1 aromatic rings. The highest BCUT2D eigenvalue weighted by atomic mass is 19.1. The normalized spacial score (nSPS) is 23.1. The lowest BCUT2D eigenvalue weighted by atomic mass is 10.0. The summed E-state index contributed by atoms with van der Waals surface area (Å²) in [5.74, 6) is -0.170. The van der Waals surface area contributed by atoms with Crippen molar-refractivity contribution in [1.82, 2.24) is 10.6 Å². The molecule has 0 aromatic heterocycles. The number of benzene rings is 1. The molecule has 0 aliphatic carbocycles. The highest BCUT2D eigenvalue weighted by molar-refractivity contribution is 5.19. The molecule has 0 saturated carbocycles. The van der Waals surface area contributed by atoms with Crippen LogP contribution in [0.5, 0.6) is 0 Å². The van der Waals surface area contributed by atoms with Crippen LogP contribution in [0.4, 0.5) is 4.39 Å². The summed E-state index contributed by atoms with van der Waals surface area (Å²) >= 11 is 0. The van der Waals surface area contributed by atoms with Crippen molar-refractivity contribution < 1.29 is 4.39 Å². The summed E-state index contributed by atoms with van der Waals surface area (Å²) in [6.45, 7) is 5.54. The van der Waals surface area contributed by atoms with Crippen molar-refractivity contribution in [2.24, 2.45) is 0 Å². The van der Waals surface area contributed by atoms with Crippen molar-refractivity contribution in [1.29, 1.82) is 0 Å². The lowest BCUT2D eigenvalue weighted by molar-refractivity contribution is 0.380. The Hall–Kier alpha value is -0.930. The smallest absolute Gasteiger partial charge is 0.123 e. The van der Waals surface area contributed by atoms with Crippen molar-refractivity contribution >= 4 is 0 Å². The van der Waals surface area contributed by atoms with Crippen molar-refractivity contribution in [3.05, 3.63) is 35.6 Å². The molecule has 1 heterocycles. The monoisotopic (exact) mass is 278 g/mol. The Labute approximate surface area is 122 Å². The zero-order valence-electron chi connectivity index (χ0n) is 12.7. The van der Waals surface area contributed by atoms with Crippen LogP contribution in [-0.4, -0.2) is 18.6 Å². The molecule has 112 valence electrons. The Kier molecular flexibility index (Phi) is 5.99. The first-order valence-corrected chi connectivity index (χ1v) is 7.90. The fourth-order valence-electron chi connectivity index (χ4n) is 3.07. The molecule has 20 heavy (non-hydrogen) atoms. The first-order chi connectivity index (χ1) is 9.65. The van der Waals surface area contributed by atoms with E-state index in [4.69, 9.17) is 0 Å². The molecule has 1 saturated heterocycles. The van der Waals surface area contributed by atoms with Gasteiger partial charge in [-0.3, -0.25) is 0 Å². The third kappa shape index (κ3) is 4.88. The first kappa shape index (κ1) is 15.5. The van der Waals surface area contributed by atoms with Crippen molar-refractivity contribution in [2.75, 3.05) is 6.54 Å². The van der Waals surface area contributed by atoms with Crippen LogP contribution in [0.3, 0.4) is 0 Å². The Morgan fingerprint density at radius 1 is 1.20 bits per heavy atom. The van der Waals surface area contributed by atoms with E-state index in [2.05, 4.69) is 24.5 Å². The third-order valence-electron chi connectivity index (χ3n) is 4.20. The van der Waals surface area contributed by atoms with E-state index < -0.39 is 0 Å². The van der Waals surface area contributed by atoms with Gasteiger partial charge in [0.15, 0.2) is 0 Å². The van der Waals surface area contributed by atoms with E-state index in [1.54, 1.807) is 0 Å². The molecule has 2 nitrogen and oxygen atoms in total. The molecule has 0 spiro atoms. The maximum Gasteiger partial charge on any atom is 0.123 e. The third-order valence-corrected chi connectivity index (χ3v) is 4.20. The second kappa shape index (κ2) is 7.75. The molecule has 0 amide bonds. The predicted molar refractivity (Wildman–Crippen MR) is 82.3 cm³/mol. The molecule has 2 rings (SSSR count). The van der Waals surface area contributed by atoms with Crippen LogP contribution in [0.15, 0.2) is 24.3 Å². The average molecular weight is 278 g/mol. The minimum absolute atomic E-state index is 0.170. The van der Waals surface area contributed by atoms with E-state index >= 15 is 0 Å². The van der Waals surface area contributed by atoms with Crippen LogP contribution >= 0.6 is 0 Å². The van der Waals surface area contributed by atoms with Gasteiger partial charge in [-0.15, -0.1) is 0 Å². The number of hydrogen-bond donors (Lipinski definition) is 2. The molecule has 1 aromatic carbocycles. The van der Waals surface area contributed by atoms with Gasteiger partial charge in [0.25, 0.3) is 0 Å². The summed E-state index contributed by atoms with van der Waals surface area (Å²) < 4.78 is 12.9. The van der Waals surface area contributed by atoms with Gasteiger partial charge in [0, 0.05) is 18.1 Å². The van der Waals surface area contributed by atoms with E-state index in [0.717, 1.165) is 18.5 Å². The van der Waals surface area contributed by atoms with Crippen LogP contribution < -0.4 is 10.6 Å². The Morgan fingerprint density at radius 3 is 2.70 bits per heavy atom. The summed E-state index contributed by atoms with van der Waals surface area (Å²) in [4.78, 5) is 0. The van der Waals surface area contributed by atoms with E-state index in [-0.39, 0.29) is 11.9 Å². The zero-order chi connectivity index (χ0) is 14.4. The van der Waals surface area contributed by atoms with Crippen LogP contribution in [0.2, 0.25) is 0 Å². The molecule has 3 heteroatoms. The first-order valence-electron chi connectivity index (χ1n) is 7.90. The second-order valence-electron chi connectivity index (χ2n) is 6.08. The van der Waals surface area contributed by atoms with Crippen molar-refractivity contribution in [3.63, 3.8) is 0 Å². The van der Waals surface area contributed by atoms with Gasteiger partial charge in [-0.05, 0) is 57.4 Å². The molecule has 3 unspecified atom stereocenters. The molecule has 1 fully saturated rings. The van der Waals surface area contributed by atoms with Crippen LogP contribution in [0.1, 0.15) is 57.6 Å². The topological polar surface area (TPSA) is 24.1 Å². The lowest BCUT2D eigenvalue weighted by Crippen LogP contribution is -2.37. The molecule has 0 radical (unpaired) electrons. The molecule has 1 aliphatic rings. The maximum absolute atomic E-state index is 12.9. The van der Waals surface area contributed by atoms with Gasteiger partial charge in [-0.2, -0.15) is 0 Å². The quantitative estimate of drug-likeness (QED) is 0.856. The molecular formula is C17H27FN2. The summed E-state index contributed by atoms with van der Waals surface area (Å²) in [7, 11) is 0. The summed E-state index contributed by atoms with van der Waals surface area (Å²) in [5, 5.41) is 7.26. The highest BCUT2D eigenvalue weighted by Gasteiger charge is 2.16. The number of rotatable bonds is 5. The van der Waals surface area contributed by atoms with Gasteiger partial charge in [0.2, 0.25) is 0 Å². The van der Waals surface area contributed by atoms with Gasteiger partial charge in [-0.25, -0.2) is 4.39 Å². The van der Waals surface area contributed by atoms with Crippen LogP contribution in [-0.2, 0) is 0 Å². The standard InChI is InChI=1S/C17H27FN2/c1-13(12-17-6-4-3-5-11-19-17)20-14(2)15-7-9-16(18)10-8-15/h7-10,13-14,17,19-20H,3-6,11-12H2,1-2H3. The largest absolute Gasteiger partial charge is 0.314 e. The number of halogens is 1. The Morgan fingerprint density at radius 2 is 1.95 bits per heavy atom. The molecule has 2 N–H and O–H groups in total. The summed E-state index contributed by atoms with van der Waals surface area (Å²) in [6.07, 6.45) is 6.46. The van der Waals surface area contributed by atoms with Crippen LogP contribution in [0.25, 0.3) is 0 Å². The Bertz CT molecular complexity index is 382. The van der Waals surface area contributed by atoms with Gasteiger partial charge in [0.1, 0.15) is 5.82 Å². The summed E-state index contributed by atoms with van der Waals surface area (Å²) in [6, 6.07) is 8.16. The highest BCUT2D eigenvalue weighted by Crippen LogP contribution is 2.17. The fourth-order valence-corrected chi connectivity index (χ4v) is 3.07. The van der Waals surface area contributed by atoms with E-state index in [1.807, 2.05) is 12.1 Å². The van der Waals surface area contributed by atoms with Crippen molar-refractivity contribution in [3.8, 4) is 0 Å². The van der Waals surface area contributed by atoms with Gasteiger partial charge in [-0.1, -0.05) is 25.0 Å². The molecule has 0 bridgehead atoms. The second-order valence-corrected chi connectivity index (χ2v) is 6.08. The number of nitrogens with one attached hydrogen (secondary N) is 2. The predicted octanol–water partition coefficient (Wildman–Crippen LogP) is 3.79. The maximum atomic E-state index is 12.9. The van der Waals surface area contributed by atoms with Crippen molar-refractivity contribution in [2.45, 2.75) is 64.1 Å². The average Bonchev–Trinajstić information content (AvgIpc) is 2.68. The number of hydrogen-bond acceptors (Lipinski definition) is 2.